The standard InChI is InChI=1S/C13H31N3O/c1-6-16(12(2)10-15(3)4)13(11-17-5)8-7-9-14/h12-13H,6-11,14H2,1-5H3. The molecular weight excluding hydrogens is 214 g/mol. The fourth-order valence-electron chi connectivity index (χ4n) is 2.45. The van der Waals surface area contributed by atoms with E-state index >= 15 is 0 Å². The molecule has 2 unspecified atom stereocenters. The minimum atomic E-state index is 0.489. The molecule has 0 aliphatic carbocycles. The molecule has 4 nitrogen and oxygen atoms in total. The third kappa shape index (κ3) is 6.99. The molecule has 2 N–H and O–H groups in total. The lowest BCUT2D eigenvalue weighted by Gasteiger charge is -2.36. The molecule has 0 aromatic carbocycles. The molecule has 0 aliphatic rings. The van der Waals surface area contributed by atoms with E-state index in [1.165, 1.54) is 0 Å². The first kappa shape index (κ1) is 16.8. The van der Waals surface area contributed by atoms with Gasteiger partial charge >= 0.3 is 0 Å². The summed E-state index contributed by atoms with van der Waals surface area (Å²) in [5.41, 5.74) is 5.60. The van der Waals surface area contributed by atoms with Gasteiger partial charge in [0.2, 0.25) is 0 Å². The Bertz CT molecular complexity index is 176. The number of nitrogens with two attached hydrogens (primary N) is 1. The van der Waals surface area contributed by atoms with Crippen molar-refractivity contribution in [3.05, 3.63) is 0 Å². The summed E-state index contributed by atoms with van der Waals surface area (Å²) >= 11 is 0. The third-order valence-corrected chi connectivity index (χ3v) is 3.13. The van der Waals surface area contributed by atoms with Crippen molar-refractivity contribution in [1.82, 2.24) is 9.80 Å². The smallest absolute Gasteiger partial charge is 0.0618 e. The molecule has 0 fully saturated rings. The zero-order chi connectivity index (χ0) is 13.3. The monoisotopic (exact) mass is 245 g/mol. The average molecular weight is 245 g/mol. The second kappa shape index (κ2) is 9.83. The molecule has 0 saturated carbocycles. The molecule has 0 saturated heterocycles. The summed E-state index contributed by atoms with van der Waals surface area (Å²) in [6.07, 6.45) is 2.19. The molecule has 2 atom stereocenters. The van der Waals surface area contributed by atoms with Crippen LogP contribution in [0.15, 0.2) is 0 Å². The van der Waals surface area contributed by atoms with E-state index in [4.69, 9.17) is 10.5 Å². The van der Waals surface area contributed by atoms with Gasteiger partial charge in [-0.05, 0) is 47.0 Å². The fraction of sp³-hybridized carbons (Fsp3) is 1.00. The van der Waals surface area contributed by atoms with Crippen LogP contribution in [-0.2, 0) is 4.74 Å². The largest absolute Gasteiger partial charge is 0.383 e. The minimum Gasteiger partial charge on any atom is -0.383 e. The van der Waals surface area contributed by atoms with Crippen LogP contribution in [0.2, 0.25) is 0 Å². The third-order valence-electron chi connectivity index (χ3n) is 3.13. The van der Waals surface area contributed by atoms with Crippen LogP contribution in [0.1, 0.15) is 26.7 Å². The Kier molecular flexibility index (Phi) is 9.74. The first-order valence-corrected chi connectivity index (χ1v) is 6.66. The summed E-state index contributed by atoms with van der Waals surface area (Å²) in [4.78, 5) is 4.76. The second-order valence-corrected chi connectivity index (χ2v) is 4.98. The highest BCUT2D eigenvalue weighted by Crippen LogP contribution is 2.12. The predicted octanol–water partition coefficient (Wildman–Crippen LogP) is 1.01. The van der Waals surface area contributed by atoms with E-state index in [1.54, 1.807) is 7.11 Å². The van der Waals surface area contributed by atoms with Gasteiger partial charge in [-0.1, -0.05) is 6.92 Å². The number of rotatable bonds is 10. The van der Waals surface area contributed by atoms with Crippen molar-refractivity contribution in [2.24, 2.45) is 5.73 Å². The van der Waals surface area contributed by atoms with Crippen molar-refractivity contribution >= 4 is 0 Å². The lowest BCUT2D eigenvalue weighted by Crippen LogP contribution is -2.48. The molecule has 0 heterocycles. The Balaban J connectivity index is 4.40. The maximum Gasteiger partial charge on any atom is 0.0618 e. The number of hydrogen-bond acceptors (Lipinski definition) is 4. The summed E-state index contributed by atoms with van der Waals surface area (Å²) in [6, 6.07) is 1.04. The molecule has 0 spiro atoms. The highest BCUT2D eigenvalue weighted by Gasteiger charge is 2.21. The van der Waals surface area contributed by atoms with Crippen LogP contribution in [0.4, 0.5) is 0 Å². The quantitative estimate of drug-likeness (QED) is 0.624. The van der Waals surface area contributed by atoms with E-state index in [0.29, 0.717) is 12.1 Å². The summed E-state index contributed by atoms with van der Waals surface area (Å²) in [5, 5.41) is 0. The van der Waals surface area contributed by atoms with Crippen molar-refractivity contribution in [2.75, 3.05) is 47.4 Å². The number of methoxy groups -OCH3 is 1. The Morgan fingerprint density at radius 2 is 1.94 bits per heavy atom. The van der Waals surface area contributed by atoms with Gasteiger partial charge in [0.05, 0.1) is 6.61 Å². The number of likely N-dealkylation sites (N-methyl/N-ethyl adjacent to an activating group) is 2. The molecule has 4 heteroatoms. The Morgan fingerprint density at radius 1 is 1.29 bits per heavy atom. The topological polar surface area (TPSA) is 41.7 Å². The number of hydrogen-bond donors (Lipinski definition) is 1. The summed E-state index contributed by atoms with van der Waals surface area (Å²) in [5.74, 6) is 0. The summed E-state index contributed by atoms with van der Waals surface area (Å²) in [6.45, 7) is 8.21. The molecular formula is C13H31N3O. The summed E-state index contributed by atoms with van der Waals surface area (Å²) < 4.78 is 5.34. The van der Waals surface area contributed by atoms with Gasteiger partial charge in [-0.15, -0.1) is 0 Å². The van der Waals surface area contributed by atoms with Crippen molar-refractivity contribution in [1.29, 1.82) is 0 Å². The number of ether oxygens (including phenoxy) is 1. The number of nitrogens with zero attached hydrogens (tertiary/aromatic N) is 2. The van der Waals surface area contributed by atoms with Crippen LogP contribution in [-0.4, -0.2) is 69.3 Å². The van der Waals surface area contributed by atoms with Crippen LogP contribution >= 0.6 is 0 Å². The van der Waals surface area contributed by atoms with Gasteiger partial charge in [0, 0.05) is 25.7 Å². The molecule has 0 bridgehead atoms. The Morgan fingerprint density at radius 3 is 2.35 bits per heavy atom. The molecule has 0 aromatic heterocycles. The van der Waals surface area contributed by atoms with Crippen molar-refractivity contribution in [3.63, 3.8) is 0 Å². The van der Waals surface area contributed by atoms with E-state index in [9.17, 15) is 0 Å². The lowest BCUT2D eigenvalue weighted by molar-refractivity contribution is 0.0553. The minimum absolute atomic E-state index is 0.489. The van der Waals surface area contributed by atoms with Gasteiger partial charge in [0.1, 0.15) is 0 Å². The van der Waals surface area contributed by atoms with Gasteiger partial charge in [0.15, 0.2) is 0 Å². The highest BCUT2D eigenvalue weighted by molar-refractivity contribution is 4.77. The molecule has 0 rings (SSSR count). The average Bonchev–Trinajstić information content (AvgIpc) is 2.25. The maximum absolute atomic E-state index is 5.60. The summed E-state index contributed by atoms with van der Waals surface area (Å²) in [7, 11) is 6.02. The zero-order valence-electron chi connectivity index (χ0n) is 12.3. The molecule has 0 radical (unpaired) electrons. The van der Waals surface area contributed by atoms with Crippen LogP contribution in [0, 0.1) is 0 Å². The van der Waals surface area contributed by atoms with Crippen LogP contribution in [0.3, 0.4) is 0 Å². The maximum atomic E-state index is 5.60. The normalized spacial score (nSPS) is 15.5. The van der Waals surface area contributed by atoms with Crippen molar-refractivity contribution in [3.8, 4) is 0 Å². The van der Waals surface area contributed by atoms with Gasteiger partial charge < -0.3 is 15.4 Å². The van der Waals surface area contributed by atoms with Crippen molar-refractivity contribution in [2.45, 2.75) is 38.8 Å². The van der Waals surface area contributed by atoms with E-state index in [0.717, 1.165) is 39.1 Å². The van der Waals surface area contributed by atoms with Gasteiger partial charge in [-0.25, -0.2) is 0 Å². The lowest BCUT2D eigenvalue weighted by atomic mass is 10.1. The molecule has 104 valence electrons. The van der Waals surface area contributed by atoms with E-state index in [1.807, 2.05) is 0 Å². The van der Waals surface area contributed by atoms with Crippen molar-refractivity contribution < 1.29 is 4.74 Å². The molecule has 0 aliphatic heterocycles. The van der Waals surface area contributed by atoms with Gasteiger partial charge in [-0.2, -0.15) is 0 Å². The van der Waals surface area contributed by atoms with E-state index < -0.39 is 0 Å². The molecule has 0 amide bonds. The second-order valence-electron chi connectivity index (χ2n) is 4.98. The Hall–Kier alpha value is -0.160. The van der Waals surface area contributed by atoms with Crippen LogP contribution < -0.4 is 5.73 Å². The fourth-order valence-corrected chi connectivity index (χ4v) is 2.45. The van der Waals surface area contributed by atoms with Gasteiger partial charge in [0.25, 0.3) is 0 Å². The zero-order valence-corrected chi connectivity index (χ0v) is 12.3. The molecule has 0 aromatic rings. The van der Waals surface area contributed by atoms with Gasteiger partial charge in [-0.3, -0.25) is 4.90 Å². The first-order valence-electron chi connectivity index (χ1n) is 6.66. The predicted molar refractivity (Wildman–Crippen MR) is 74.3 cm³/mol. The highest BCUT2D eigenvalue weighted by atomic mass is 16.5. The SMILES string of the molecule is CCN(C(C)CN(C)C)C(CCCN)COC. The van der Waals surface area contributed by atoms with Crippen LogP contribution in [0.25, 0.3) is 0 Å². The molecule has 17 heavy (non-hydrogen) atoms. The van der Waals surface area contributed by atoms with E-state index in [-0.39, 0.29) is 0 Å². The Labute approximate surface area is 107 Å². The first-order chi connectivity index (χ1) is 8.06. The van der Waals surface area contributed by atoms with E-state index in [2.05, 4.69) is 37.7 Å². The van der Waals surface area contributed by atoms with Crippen LogP contribution in [0.5, 0.6) is 0 Å².